The summed E-state index contributed by atoms with van der Waals surface area (Å²) in [6.45, 7) is 5.83. The van der Waals surface area contributed by atoms with Crippen LogP contribution in [0.25, 0.3) is 24.3 Å². The molecule has 5 rings (SSSR count). The molecule has 0 spiro atoms. The summed E-state index contributed by atoms with van der Waals surface area (Å²) < 4.78 is 6.31. The molecule has 3 aromatic carbocycles. The summed E-state index contributed by atoms with van der Waals surface area (Å²) in [7, 11) is 4.05. The third-order valence-corrected chi connectivity index (χ3v) is 5.48. The molecule has 0 N–H and O–H groups in total. The first-order chi connectivity index (χ1) is 17.4. The molecule has 0 saturated heterocycles. The fourth-order valence-corrected chi connectivity index (χ4v) is 3.83. The lowest BCUT2D eigenvalue weighted by Gasteiger charge is -2.23. The second kappa shape index (κ2) is 10.5. The molecular formula is C28H23N5O3. The van der Waals surface area contributed by atoms with E-state index < -0.39 is 0 Å². The van der Waals surface area contributed by atoms with E-state index in [4.69, 9.17) is 14.3 Å². The standard InChI is InChI=1S/C27H23N5O.CO2/c1-17-8-11-22-24(14-17)33-25-16-21(32(3)4)10-12-23(25)27(22)20-7-5-6-19(15-20)9-13-26-30-28-18(2)29-31-26;2-1-3/h5-16H,1H2,2-4H3;/b13-9+;. The normalized spacial score (nSPS) is 11.5. The molecular weight excluding hydrogens is 454 g/mol. The number of anilines is 1. The largest absolute Gasteiger partial charge is 0.456 e. The minimum absolute atomic E-state index is 0.250. The van der Waals surface area contributed by atoms with Gasteiger partial charge in [0.15, 0.2) is 11.6 Å². The molecule has 1 aliphatic heterocycles. The number of benzene rings is 3. The van der Waals surface area contributed by atoms with Gasteiger partial charge in [0, 0.05) is 42.2 Å². The summed E-state index contributed by atoms with van der Waals surface area (Å²) in [4.78, 5) is 18.3. The molecule has 4 aromatic rings. The van der Waals surface area contributed by atoms with Crippen molar-refractivity contribution in [3.05, 3.63) is 99.4 Å². The van der Waals surface area contributed by atoms with Gasteiger partial charge >= 0.3 is 6.15 Å². The Morgan fingerprint density at radius 2 is 1.64 bits per heavy atom. The van der Waals surface area contributed by atoms with Crippen LogP contribution in [0.4, 0.5) is 5.69 Å². The molecule has 0 atom stereocenters. The SMILES string of the molecule is C=c1ccc2c(c1)Oc1cc(N(C)C)ccc1C=2c1cccc(/C=C/c2nnc(C)nn2)c1.O=C=O. The van der Waals surface area contributed by atoms with Crippen molar-refractivity contribution in [2.75, 3.05) is 19.0 Å². The molecule has 1 aliphatic rings. The maximum absolute atomic E-state index is 8.12. The first-order valence-electron chi connectivity index (χ1n) is 11.0. The molecule has 2 heterocycles. The molecule has 0 radical (unpaired) electrons. The fraction of sp³-hybridized carbons (Fsp3) is 0.107. The monoisotopic (exact) mass is 477 g/mol. The Bertz CT molecular complexity index is 1590. The van der Waals surface area contributed by atoms with Gasteiger partial charge in [0.25, 0.3) is 0 Å². The van der Waals surface area contributed by atoms with Gasteiger partial charge in [-0.2, -0.15) is 9.59 Å². The quantitative estimate of drug-likeness (QED) is 0.390. The summed E-state index contributed by atoms with van der Waals surface area (Å²) >= 11 is 0. The second-order valence-corrected chi connectivity index (χ2v) is 8.23. The zero-order valence-electron chi connectivity index (χ0n) is 20.1. The van der Waals surface area contributed by atoms with E-state index in [1.54, 1.807) is 6.92 Å². The Morgan fingerprint density at radius 3 is 2.36 bits per heavy atom. The van der Waals surface area contributed by atoms with Crippen molar-refractivity contribution < 1.29 is 14.3 Å². The fourth-order valence-electron chi connectivity index (χ4n) is 3.83. The van der Waals surface area contributed by atoms with Crippen LogP contribution < -0.4 is 20.1 Å². The smallest absolute Gasteiger partial charge is 0.373 e. The number of fused-ring (bicyclic) bond motifs is 2. The first-order valence-corrected chi connectivity index (χ1v) is 11.0. The highest BCUT2D eigenvalue weighted by Crippen LogP contribution is 2.38. The van der Waals surface area contributed by atoms with Gasteiger partial charge in [0.2, 0.25) is 0 Å². The van der Waals surface area contributed by atoms with Crippen LogP contribution in [0.15, 0.2) is 60.7 Å². The number of hydrogen-bond donors (Lipinski definition) is 0. The Labute approximate surface area is 207 Å². The van der Waals surface area contributed by atoms with E-state index in [-0.39, 0.29) is 6.15 Å². The van der Waals surface area contributed by atoms with Crippen LogP contribution in [-0.4, -0.2) is 40.6 Å². The lowest BCUT2D eigenvalue weighted by Crippen LogP contribution is -2.20. The van der Waals surface area contributed by atoms with Crippen LogP contribution in [0.2, 0.25) is 0 Å². The number of carbonyl (C=O) groups excluding carboxylic acids is 2. The minimum Gasteiger partial charge on any atom is -0.456 e. The summed E-state index contributed by atoms with van der Waals surface area (Å²) in [5, 5.41) is 18.0. The molecule has 36 heavy (non-hydrogen) atoms. The maximum atomic E-state index is 8.12. The summed E-state index contributed by atoms with van der Waals surface area (Å²) in [5.41, 5.74) is 5.39. The molecule has 0 unspecified atom stereocenters. The van der Waals surface area contributed by atoms with Crippen molar-refractivity contribution in [2.24, 2.45) is 0 Å². The average molecular weight is 478 g/mol. The van der Waals surface area contributed by atoms with Gasteiger partial charge < -0.3 is 9.64 Å². The van der Waals surface area contributed by atoms with Gasteiger partial charge in [0.05, 0.1) is 0 Å². The molecule has 0 fully saturated rings. The molecule has 1 aromatic heterocycles. The van der Waals surface area contributed by atoms with E-state index in [0.29, 0.717) is 11.6 Å². The van der Waals surface area contributed by atoms with Gasteiger partial charge in [-0.15, -0.1) is 20.4 Å². The highest BCUT2D eigenvalue weighted by Gasteiger charge is 2.20. The van der Waals surface area contributed by atoms with E-state index >= 15 is 0 Å². The molecule has 0 amide bonds. The lowest BCUT2D eigenvalue weighted by molar-refractivity contribution is -0.191. The van der Waals surface area contributed by atoms with Crippen molar-refractivity contribution in [2.45, 2.75) is 6.92 Å². The average Bonchev–Trinajstić information content (AvgIpc) is 2.87. The summed E-state index contributed by atoms with van der Waals surface area (Å²) in [6, 6.07) is 20.8. The van der Waals surface area contributed by atoms with E-state index in [1.165, 1.54) is 0 Å². The zero-order chi connectivity index (χ0) is 25.7. The number of aromatic nitrogens is 4. The topological polar surface area (TPSA) is 98.2 Å². The highest BCUT2D eigenvalue weighted by atomic mass is 16.5. The third-order valence-electron chi connectivity index (χ3n) is 5.48. The van der Waals surface area contributed by atoms with Crippen molar-refractivity contribution in [3.8, 4) is 11.5 Å². The molecule has 0 bridgehead atoms. The number of nitrogens with zero attached hydrogens (tertiary/aromatic N) is 5. The van der Waals surface area contributed by atoms with Gasteiger partial charge in [-0.1, -0.05) is 43.0 Å². The van der Waals surface area contributed by atoms with Crippen molar-refractivity contribution in [3.63, 3.8) is 0 Å². The van der Waals surface area contributed by atoms with Crippen molar-refractivity contribution >= 4 is 36.1 Å². The Kier molecular flexibility index (Phi) is 7.09. The predicted molar refractivity (Wildman–Crippen MR) is 136 cm³/mol. The van der Waals surface area contributed by atoms with Crippen LogP contribution in [0.1, 0.15) is 28.3 Å². The third kappa shape index (κ3) is 5.24. The van der Waals surface area contributed by atoms with E-state index in [9.17, 15) is 0 Å². The molecule has 8 heteroatoms. The second-order valence-electron chi connectivity index (χ2n) is 8.23. The van der Waals surface area contributed by atoms with E-state index in [1.807, 2.05) is 50.5 Å². The van der Waals surface area contributed by atoms with Crippen molar-refractivity contribution in [1.29, 1.82) is 0 Å². The Morgan fingerprint density at radius 1 is 0.889 bits per heavy atom. The van der Waals surface area contributed by atoms with Gasteiger partial charge in [-0.05, 0) is 53.6 Å². The van der Waals surface area contributed by atoms with Gasteiger partial charge in [-0.25, -0.2) is 0 Å². The molecule has 178 valence electrons. The number of ether oxygens (including phenoxy) is 1. The van der Waals surface area contributed by atoms with Crippen molar-refractivity contribution in [1.82, 2.24) is 20.4 Å². The first kappa shape index (κ1) is 24.2. The van der Waals surface area contributed by atoms with Crippen LogP contribution in [0.5, 0.6) is 11.5 Å². The molecule has 0 aliphatic carbocycles. The lowest BCUT2D eigenvalue weighted by atomic mass is 9.91. The molecule has 8 nitrogen and oxygen atoms in total. The zero-order valence-corrected chi connectivity index (χ0v) is 20.1. The number of hydrogen-bond acceptors (Lipinski definition) is 8. The Balaban J connectivity index is 0.000000967. The van der Waals surface area contributed by atoms with Crippen LogP contribution in [0, 0.1) is 6.92 Å². The summed E-state index contributed by atoms with van der Waals surface area (Å²) in [5.74, 6) is 2.66. The van der Waals surface area contributed by atoms with Gasteiger partial charge in [-0.3, -0.25) is 0 Å². The van der Waals surface area contributed by atoms with Crippen LogP contribution >= 0.6 is 0 Å². The molecule has 0 saturated carbocycles. The number of aryl methyl sites for hydroxylation is 1. The van der Waals surface area contributed by atoms with E-state index in [2.05, 4.69) is 68.3 Å². The van der Waals surface area contributed by atoms with Gasteiger partial charge in [0.1, 0.15) is 11.5 Å². The Hall–Kier alpha value is -4.94. The summed E-state index contributed by atoms with van der Waals surface area (Å²) in [6.07, 6.45) is 4.03. The minimum atomic E-state index is 0.250. The number of rotatable bonds is 4. The predicted octanol–water partition coefficient (Wildman–Crippen LogP) is 2.99. The van der Waals surface area contributed by atoms with Crippen LogP contribution in [-0.2, 0) is 9.59 Å². The highest BCUT2D eigenvalue weighted by molar-refractivity contribution is 5.87. The maximum Gasteiger partial charge on any atom is 0.373 e. The van der Waals surface area contributed by atoms with E-state index in [0.717, 1.165) is 49.9 Å². The van der Waals surface area contributed by atoms with Crippen LogP contribution in [0.3, 0.4) is 0 Å².